The van der Waals surface area contributed by atoms with Crippen molar-refractivity contribution in [3.63, 3.8) is 0 Å². The van der Waals surface area contributed by atoms with Gasteiger partial charge in [0.1, 0.15) is 5.82 Å². The standard InChI is InChI=1S/C9H4Br2FNO/c10-4-3-9(14)13-8-2-1-6(11)5-7(8)12/h1-2,5H,(H,13,14). The highest BCUT2D eigenvalue weighted by molar-refractivity contribution is 9.12. The van der Waals surface area contributed by atoms with Crippen LogP contribution in [0, 0.1) is 16.6 Å². The smallest absolute Gasteiger partial charge is 0.301 e. The van der Waals surface area contributed by atoms with Crippen molar-refractivity contribution in [1.29, 1.82) is 0 Å². The van der Waals surface area contributed by atoms with E-state index in [-0.39, 0.29) is 5.69 Å². The summed E-state index contributed by atoms with van der Waals surface area (Å²) < 4.78 is 13.8. The van der Waals surface area contributed by atoms with E-state index in [1.165, 1.54) is 12.1 Å². The van der Waals surface area contributed by atoms with Gasteiger partial charge in [0, 0.05) is 26.3 Å². The summed E-state index contributed by atoms with van der Waals surface area (Å²) in [6.45, 7) is 0. The molecule has 0 saturated carbocycles. The summed E-state index contributed by atoms with van der Waals surface area (Å²) in [5.41, 5.74) is 0.105. The molecule has 0 atom stereocenters. The van der Waals surface area contributed by atoms with Crippen molar-refractivity contribution in [2.45, 2.75) is 0 Å². The number of benzene rings is 1. The molecule has 1 aromatic rings. The van der Waals surface area contributed by atoms with Gasteiger partial charge < -0.3 is 5.32 Å². The lowest BCUT2D eigenvalue weighted by atomic mass is 10.3. The lowest BCUT2D eigenvalue weighted by molar-refractivity contribution is -0.111. The van der Waals surface area contributed by atoms with Crippen molar-refractivity contribution in [3.05, 3.63) is 28.5 Å². The Balaban J connectivity index is 2.85. The minimum atomic E-state index is -0.567. The average Bonchev–Trinajstić information content (AvgIpc) is 2.10. The van der Waals surface area contributed by atoms with E-state index < -0.39 is 11.7 Å². The Morgan fingerprint density at radius 2 is 2.21 bits per heavy atom. The zero-order valence-corrected chi connectivity index (χ0v) is 9.95. The fraction of sp³-hybridized carbons (Fsp3) is 0. The number of rotatable bonds is 1. The number of carbonyl (C=O) groups excluding carboxylic acids is 1. The van der Waals surface area contributed by atoms with Crippen LogP contribution in [0.4, 0.5) is 10.1 Å². The summed E-state index contributed by atoms with van der Waals surface area (Å²) in [7, 11) is 0. The highest BCUT2D eigenvalue weighted by atomic mass is 79.9. The normalized spacial score (nSPS) is 8.79. The highest BCUT2D eigenvalue weighted by Gasteiger charge is 2.04. The number of amides is 1. The molecule has 0 aliphatic heterocycles. The van der Waals surface area contributed by atoms with Gasteiger partial charge in [0.25, 0.3) is 0 Å². The predicted octanol–water partition coefficient (Wildman–Crippen LogP) is 2.88. The van der Waals surface area contributed by atoms with Gasteiger partial charge in [0.05, 0.1) is 5.69 Å². The van der Waals surface area contributed by atoms with Crippen LogP contribution in [-0.2, 0) is 4.79 Å². The third-order valence-corrected chi connectivity index (χ3v) is 2.03. The van der Waals surface area contributed by atoms with E-state index in [4.69, 9.17) is 0 Å². The van der Waals surface area contributed by atoms with E-state index in [2.05, 4.69) is 47.9 Å². The molecule has 0 aliphatic carbocycles. The van der Waals surface area contributed by atoms with E-state index in [0.717, 1.165) is 0 Å². The fourth-order valence-electron chi connectivity index (χ4n) is 0.787. The second-order valence-corrected chi connectivity index (χ2v) is 3.61. The molecule has 14 heavy (non-hydrogen) atoms. The van der Waals surface area contributed by atoms with Crippen molar-refractivity contribution >= 4 is 43.5 Å². The molecule has 2 nitrogen and oxygen atoms in total. The lowest BCUT2D eigenvalue weighted by Crippen LogP contribution is -2.09. The Morgan fingerprint density at radius 1 is 1.50 bits per heavy atom. The first-order valence-electron chi connectivity index (χ1n) is 3.51. The first-order chi connectivity index (χ1) is 6.63. The summed E-state index contributed by atoms with van der Waals surface area (Å²) >= 11 is 5.88. The molecule has 0 fully saturated rings. The van der Waals surface area contributed by atoms with E-state index in [1.54, 1.807) is 6.07 Å². The van der Waals surface area contributed by atoms with Gasteiger partial charge in [-0.25, -0.2) is 4.39 Å². The molecule has 0 radical (unpaired) electrons. The minimum absolute atomic E-state index is 0.105. The molecule has 0 aromatic heterocycles. The number of anilines is 1. The van der Waals surface area contributed by atoms with Crippen LogP contribution < -0.4 is 5.32 Å². The first kappa shape index (κ1) is 11.2. The average molecular weight is 321 g/mol. The van der Waals surface area contributed by atoms with E-state index in [0.29, 0.717) is 4.47 Å². The molecule has 1 N–H and O–H groups in total. The Bertz CT molecular complexity index is 423. The molecular weight excluding hydrogens is 317 g/mol. The van der Waals surface area contributed by atoms with Gasteiger partial charge in [0.15, 0.2) is 0 Å². The maximum atomic E-state index is 13.1. The third-order valence-electron chi connectivity index (χ3n) is 1.34. The van der Waals surface area contributed by atoms with Crippen LogP contribution >= 0.6 is 31.9 Å². The Hall–Kier alpha value is -0.860. The molecule has 0 heterocycles. The number of halogens is 3. The predicted molar refractivity (Wildman–Crippen MR) is 59.4 cm³/mol. The van der Waals surface area contributed by atoms with Gasteiger partial charge in [-0.15, -0.1) is 0 Å². The van der Waals surface area contributed by atoms with Crippen LogP contribution in [-0.4, -0.2) is 5.91 Å². The van der Waals surface area contributed by atoms with Crippen LogP contribution in [0.2, 0.25) is 0 Å². The maximum Gasteiger partial charge on any atom is 0.301 e. The molecule has 0 aliphatic rings. The molecule has 0 saturated heterocycles. The zero-order chi connectivity index (χ0) is 10.6. The van der Waals surface area contributed by atoms with Gasteiger partial charge in [-0.2, -0.15) is 0 Å². The summed E-state index contributed by atoms with van der Waals surface area (Å²) in [6, 6.07) is 4.34. The number of nitrogens with one attached hydrogen (secondary N) is 1. The van der Waals surface area contributed by atoms with Crippen LogP contribution in [0.3, 0.4) is 0 Å². The molecule has 72 valence electrons. The molecule has 5 heteroatoms. The zero-order valence-electron chi connectivity index (χ0n) is 6.77. The summed E-state index contributed by atoms with van der Waals surface area (Å²) in [5.74, 6) is 1.10. The number of hydrogen-bond acceptors (Lipinski definition) is 1. The summed E-state index contributed by atoms with van der Waals surface area (Å²) in [5, 5.41) is 2.30. The first-order valence-corrected chi connectivity index (χ1v) is 5.10. The van der Waals surface area contributed by atoms with Gasteiger partial charge in [-0.1, -0.05) is 15.9 Å². The van der Waals surface area contributed by atoms with Crippen LogP contribution in [0.5, 0.6) is 0 Å². The fourth-order valence-corrected chi connectivity index (χ4v) is 1.30. The van der Waals surface area contributed by atoms with Crippen molar-refractivity contribution in [2.75, 3.05) is 5.32 Å². The molecule has 0 bridgehead atoms. The quantitative estimate of drug-likeness (QED) is 0.792. The minimum Gasteiger partial charge on any atom is -0.313 e. The largest absolute Gasteiger partial charge is 0.313 e. The van der Waals surface area contributed by atoms with Gasteiger partial charge in [-0.3, -0.25) is 4.79 Å². The van der Waals surface area contributed by atoms with Crippen molar-refractivity contribution < 1.29 is 9.18 Å². The molecule has 0 unspecified atom stereocenters. The van der Waals surface area contributed by atoms with E-state index >= 15 is 0 Å². The lowest BCUT2D eigenvalue weighted by Gasteiger charge is -2.02. The Labute approximate surface area is 97.1 Å². The third kappa shape index (κ3) is 3.13. The van der Waals surface area contributed by atoms with E-state index in [1.807, 2.05) is 0 Å². The van der Waals surface area contributed by atoms with Gasteiger partial charge in [0.2, 0.25) is 0 Å². The van der Waals surface area contributed by atoms with Crippen molar-refractivity contribution in [2.24, 2.45) is 0 Å². The van der Waals surface area contributed by atoms with Gasteiger partial charge >= 0.3 is 5.91 Å². The summed E-state index contributed by atoms with van der Waals surface area (Å²) in [6.07, 6.45) is 0. The SMILES string of the molecule is O=C(C#CBr)Nc1ccc(Br)cc1F. The van der Waals surface area contributed by atoms with Crippen molar-refractivity contribution in [1.82, 2.24) is 0 Å². The molecule has 1 amide bonds. The molecule has 1 aromatic carbocycles. The number of carbonyl (C=O) groups is 1. The van der Waals surface area contributed by atoms with Gasteiger partial charge in [-0.05, 0) is 23.0 Å². The highest BCUT2D eigenvalue weighted by Crippen LogP contribution is 2.18. The van der Waals surface area contributed by atoms with Crippen molar-refractivity contribution in [3.8, 4) is 10.8 Å². The second kappa shape index (κ2) is 5.13. The Kier molecular flexibility index (Phi) is 4.11. The van der Waals surface area contributed by atoms with Crippen LogP contribution in [0.1, 0.15) is 0 Å². The maximum absolute atomic E-state index is 13.1. The van der Waals surface area contributed by atoms with Crippen LogP contribution in [0.25, 0.3) is 0 Å². The molecular formula is C9H4Br2FNO. The summed E-state index contributed by atoms with van der Waals surface area (Å²) in [4.78, 5) is 13.2. The van der Waals surface area contributed by atoms with E-state index in [9.17, 15) is 9.18 Å². The Morgan fingerprint density at radius 3 is 2.79 bits per heavy atom. The number of hydrogen-bond donors (Lipinski definition) is 1. The monoisotopic (exact) mass is 319 g/mol. The molecule has 1 rings (SSSR count). The molecule has 0 spiro atoms. The van der Waals surface area contributed by atoms with Crippen LogP contribution in [0.15, 0.2) is 22.7 Å². The topological polar surface area (TPSA) is 29.1 Å². The second-order valence-electron chi connectivity index (χ2n) is 2.30.